The number of anilines is 1. The van der Waals surface area contributed by atoms with Gasteiger partial charge in [-0.1, -0.05) is 35.9 Å². The maximum Gasteiger partial charge on any atom is 0.0366 e. The summed E-state index contributed by atoms with van der Waals surface area (Å²) in [6, 6.07) is 8.72. The molecule has 0 aliphatic carbocycles. The summed E-state index contributed by atoms with van der Waals surface area (Å²) in [6.07, 6.45) is 6.36. The zero-order valence-electron chi connectivity index (χ0n) is 11.4. The van der Waals surface area contributed by atoms with Gasteiger partial charge in [0.1, 0.15) is 0 Å². The van der Waals surface area contributed by atoms with Crippen LogP contribution in [0.3, 0.4) is 0 Å². The number of rotatable bonds is 5. The number of benzene rings is 1. The van der Waals surface area contributed by atoms with Crippen LogP contribution in [-0.4, -0.2) is 13.1 Å². The second-order valence-corrected chi connectivity index (χ2v) is 4.37. The average molecular weight is 229 g/mol. The predicted octanol–water partition coefficient (Wildman–Crippen LogP) is 4.51. The van der Waals surface area contributed by atoms with Crippen LogP contribution in [0.15, 0.2) is 42.0 Å². The van der Waals surface area contributed by atoms with Gasteiger partial charge in [0.05, 0.1) is 0 Å². The Bertz CT molecular complexity index is 376. The van der Waals surface area contributed by atoms with Gasteiger partial charge in [0.25, 0.3) is 0 Å². The minimum atomic E-state index is 1.06. The fraction of sp³-hybridized carbons (Fsp3) is 0.375. The van der Waals surface area contributed by atoms with E-state index in [0.29, 0.717) is 0 Å². The zero-order valence-corrected chi connectivity index (χ0v) is 11.4. The minimum Gasteiger partial charge on any atom is -0.372 e. The van der Waals surface area contributed by atoms with Gasteiger partial charge in [-0.05, 0) is 45.4 Å². The molecule has 0 unspecified atom stereocenters. The van der Waals surface area contributed by atoms with Gasteiger partial charge in [-0.25, -0.2) is 0 Å². The van der Waals surface area contributed by atoms with Gasteiger partial charge in [0.2, 0.25) is 0 Å². The maximum atomic E-state index is 2.35. The van der Waals surface area contributed by atoms with Crippen LogP contribution in [0.4, 0.5) is 5.69 Å². The van der Waals surface area contributed by atoms with Gasteiger partial charge in [0.15, 0.2) is 0 Å². The van der Waals surface area contributed by atoms with Crippen LogP contribution in [0, 0.1) is 0 Å². The van der Waals surface area contributed by atoms with Gasteiger partial charge in [0, 0.05) is 18.8 Å². The number of hydrogen-bond acceptors (Lipinski definition) is 1. The van der Waals surface area contributed by atoms with E-state index in [-0.39, 0.29) is 0 Å². The van der Waals surface area contributed by atoms with E-state index in [4.69, 9.17) is 0 Å². The molecule has 1 nitrogen and oxygen atoms in total. The fourth-order valence-corrected chi connectivity index (χ4v) is 1.74. The van der Waals surface area contributed by atoms with Crippen LogP contribution in [0.1, 0.15) is 33.3 Å². The van der Waals surface area contributed by atoms with Crippen molar-refractivity contribution in [3.05, 3.63) is 47.6 Å². The Hall–Kier alpha value is -1.50. The molecule has 0 radical (unpaired) electrons. The first-order valence-electron chi connectivity index (χ1n) is 6.34. The minimum absolute atomic E-state index is 1.06. The summed E-state index contributed by atoms with van der Waals surface area (Å²) in [5, 5.41) is 0. The molecule has 1 rings (SSSR count). The SMILES string of the molecule is CCN(CC)c1ccc(/C=C/C=C(C)C)cc1. The van der Waals surface area contributed by atoms with E-state index < -0.39 is 0 Å². The van der Waals surface area contributed by atoms with Crippen LogP contribution in [0.2, 0.25) is 0 Å². The molecule has 1 aromatic carbocycles. The van der Waals surface area contributed by atoms with Crippen molar-refractivity contribution >= 4 is 11.8 Å². The Morgan fingerprint density at radius 2 is 1.65 bits per heavy atom. The molecule has 0 saturated heterocycles. The second kappa shape index (κ2) is 6.95. The number of nitrogens with zero attached hydrogens (tertiary/aromatic N) is 1. The van der Waals surface area contributed by atoms with Crippen molar-refractivity contribution in [1.82, 2.24) is 0 Å². The van der Waals surface area contributed by atoms with Crippen LogP contribution >= 0.6 is 0 Å². The highest BCUT2D eigenvalue weighted by molar-refractivity contribution is 5.56. The number of allylic oxidation sites excluding steroid dienone is 3. The largest absolute Gasteiger partial charge is 0.372 e. The summed E-state index contributed by atoms with van der Waals surface area (Å²) in [4.78, 5) is 2.35. The average Bonchev–Trinajstić information content (AvgIpc) is 2.32. The fourth-order valence-electron chi connectivity index (χ4n) is 1.74. The molecule has 0 aliphatic rings. The quantitative estimate of drug-likeness (QED) is 0.671. The summed E-state index contributed by atoms with van der Waals surface area (Å²) in [6.45, 7) is 10.7. The highest BCUT2D eigenvalue weighted by Gasteiger charge is 1.99. The lowest BCUT2D eigenvalue weighted by Crippen LogP contribution is -2.21. The molecular weight excluding hydrogens is 206 g/mol. The van der Waals surface area contributed by atoms with Crippen molar-refractivity contribution in [2.45, 2.75) is 27.7 Å². The van der Waals surface area contributed by atoms with Crippen LogP contribution in [0.5, 0.6) is 0 Å². The zero-order chi connectivity index (χ0) is 12.7. The Kier molecular flexibility index (Phi) is 5.55. The molecule has 0 aromatic heterocycles. The summed E-state index contributed by atoms with van der Waals surface area (Å²) >= 11 is 0. The Labute approximate surface area is 105 Å². The first kappa shape index (κ1) is 13.6. The third kappa shape index (κ3) is 4.48. The van der Waals surface area contributed by atoms with Gasteiger partial charge in [-0.2, -0.15) is 0 Å². The molecule has 0 N–H and O–H groups in total. The van der Waals surface area contributed by atoms with E-state index in [1.54, 1.807) is 0 Å². The Balaban J connectivity index is 2.74. The van der Waals surface area contributed by atoms with Crippen molar-refractivity contribution in [2.75, 3.05) is 18.0 Å². The third-order valence-electron chi connectivity index (χ3n) is 2.74. The highest BCUT2D eigenvalue weighted by atomic mass is 15.1. The van der Waals surface area contributed by atoms with Crippen molar-refractivity contribution in [3.8, 4) is 0 Å². The molecule has 0 bridgehead atoms. The summed E-state index contributed by atoms with van der Waals surface area (Å²) in [5.74, 6) is 0. The highest BCUT2D eigenvalue weighted by Crippen LogP contribution is 2.15. The lowest BCUT2D eigenvalue weighted by molar-refractivity contribution is 0.866. The van der Waals surface area contributed by atoms with Crippen LogP contribution in [0.25, 0.3) is 6.08 Å². The van der Waals surface area contributed by atoms with E-state index in [0.717, 1.165) is 13.1 Å². The molecule has 0 amide bonds. The predicted molar refractivity (Wildman–Crippen MR) is 78.5 cm³/mol. The van der Waals surface area contributed by atoms with Gasteiger partial charge < -0.3 is 4.90 Å². The maximum absolute atomic E-state index is 2.35. The van der Waals surface area contributed by atoms with E-state index in [1.807, 2.05) is 0 Å². The van der Waals surface area contributed by atoms with Crippen molar-refractivity contribution < 1.29 is 0 Å². The van der Waals surface area contributed by atoms with Gasteiger partial charge in [-0.15, -0.1) is 0 Å². The third-order valence-corrected chi connectivity index (χ3v) is 2.74. The second-order valence-electron chi connectivity index (χ2n) is 4.37. The Morgan fingerprint density at radius 3 is 2.12 bits per heavy atom. The molecule has 0 aliphatic heterocycles. The van der Waals surface area contributed by atoms with E-state index in [9.17, 15) is 0 Å². The number of hydrogen-bond donors (Lipinski definition) is 0. The van der Waals surface area contributed by atoms with Gasteiger partial charge in [-0.3, -0.25) is 0 Å². The molecule has 1 aromatic rings. The standard InChI is InChI=1S/C16H23N/c1-5-17(6-2)16-12-10-15(11-13-16)9-7-8-14(3)4/h7-13H,5-6H2,1-4H3/b9-7+. The smallest absolute Gasteiger partial charge is 0.0366 e. The molecule has 0 heterocycles. The van der Waals surface area contributed by atoms with E-state index in [1.165, 1.54) is 16.8 Å². The monoisotopic (exact) mass is 229 g/mol. The van der Waals surface area contributed by atoms with Crippen molar-refractivity contribution in [2.24, 2.45) is 0 Å². The normalized spacial score (nSPS) is 10.6. The lowest BCUT2D eigenvalue weighted by Gasteiger charge is -2.20. The Morgan fingerprint density at radius 1 is 1.06 bits per heavy atom. The van der Waals surface area contributed by atoms with Crippen LogP contribution in [-0.2, 0) is 0 Å². The van der Waals surface area contributed by atoms with Crippen molar-refractivity contribution in [1.29, 1.82) is 0 Å². The van der Waals surface area contributed by atoms with Crippen LogP contribution < -0.4 is 4.90 Å². The topological polar surface area (TPSA) is 3.24 Å². The summed E-state index contributed by atoms with van der Waals surface area (Å²) < 4.78 is 0. The molecule has 0 fully saturated rings. The first-order valence-corrected chi connectivity index (χ1v) is 6.34. The summed E-state index contributed by atoms with van der Waals surface area (Å²) in [7, 11) is 0. The molecule has 0 spiro atoms. The van der Waals surface area contributed by atoms with E-state index in [2.05, 4.69) is 75.1 Å². The summed E-state index contributed by atoms with van der Waals surface area (Å²) in [5.41, 5.74) is 3.87. The van der Waals surface area contributed by atoms with Crippen molar-refractivity contribution in [3.63, 3.8) is 0 Å². The molecule has 17 heavy (non-hydrogen) atoms. The first-order chi connectivity index (χ1) is 8.17. The van der Waals surface area contributed by atoms with Gasteiger partial charge >= 0.3 is 0 Å². The lowest BCUT2D eigenvalue weighted by atomic mass is 10.1. The molecule has 1 heteroatoms. The molecule has 92 valence electrons. The van der Waals surface area contributed by atoms with E-state index >= 15 is 0 Å². The molecule has 0 saturated carbocycles. The molecular formula is C16H23N. The molecule has 0 atom stereocenters.